The highest BCUT2D eigenvalue weighted by Gasteiger charge is 2.18. The van der Waals surface area contributed by atoms with E-state index >= 15 is 0 Å². The van der Waals surface area contributed by atoms with Gasteiger partial charge < -0.3 is 15.2 Å². The van der Waals surface area contributed by atoms with Crippen molar-refractivity contribution in [1.29, 1.82) is 0 Å². The number of hydrogen-bond acceptors (Lipinski definition) is 5. The first-order valence-corrected chi connectivity index (χ1v) is 5.71. The minimum atomic E-state index is -0.242. The fraction of sp³-hybridized carbons (Fsp3) is 0.500. The monoisotopic (exact) mass is 236 g/mol. The van der Waals surface area contributed by atoms with Crippen molar-refractivity contribution in [2.45, 2.75) is 25.4 Å². The zero-order valence-corrected chi connectivity index (χ0v) is 9.59. The van der Waals surface area contributed by atoms with Gasteiger partial charge in [-0.05, 0) is 12.1 Å². The molecule has 0 radical (unpaired) electrons. The average molecular weight is 236 g/mol. The third-order valence-corrected chi connectivity index (χ3v) is 2.64. The zero-order chi connectivity index (χ0) is 12.1. The van der Waals surface area contributed by atoms with Crippen LogP contribution in [-0.2, 0) is 20.7 Å². The molecular weight excluding hydrogens is 220 g/mol. The highest BCUT2D eigenvalue weighted by molar-refractivity contribution is 5.72. The number of carbonyl (C=O) groups excluding carboxylic acids is 1. The fourth-order valence-corrected chi connectivity index (χ4v) is 1.71. The van der Waals surface area contributed by atoms with Crippen LogP contribution in [0.1, 0.15) is 18.5 Å². The van der Waals surface area contributed by atoms with E-state index in [2.05, 4.69) is 4.98 Å². The van der Waals surface area contributed by atoms with Crippen molar-refractivity contribution in [2.75, 3.05) is 18.9 Å². The lowest BCUT2D eigenvalue weighted by atomic mass is 10.1. The Morgan fingerprint density at radius 1 is 1.47 bits per heavy atom. The SMILES string of the molecule is Nc1ccc(CC(=O)OC2CCOCC2)nc1. The van der Waals surface area contributed by atoms with E-state index in [4.69, 9.17) is 15.2 Å². The second-order valence-corrected chi connectivity index (χ2v) is 4.06. The number of hydrogen-bond donors (Lipinski definition) is 1. The molecule has 1 aliphatic heterocycles. The van der Waals surface area contributed by atoms with Crippen LogP contribution in [0.5, 0.6) is 0 Å². The Labute approximate surface area is 99.9 Å². The van der Waals surface area contributed by atoms with Crippen LogP contribution in [-0.4, -0.2) is 30.3 Å². The van der Waals surface area contributed by atoms with Gasteiger partial charge in [0, 0.05) is 12.8 Å². The molecule has 1 saturated heterocycles. The van der Waals surface area contributed by atoms with Crippen molar-refractivity contribution in [3.05, 3.63) is 24.0 Å². The molecule has 0 aromatic carbocycles. The highest BCUT2D eigenvalue weighted by atomic mass is 16.6. The number of ether oxygens (including phenoxy) is 2. The maximum Gasteiger partial charge on any atom is 0.312 e. The zero-order valence-electron chi connectivity index (χ0n) is 9.59. The largest absolute Gasteiger partial charge is 0.462 e. The minimum Gasteiger partial charge on any atom is -0.462 e. The molecule has 92 valence electrons. The maximum atomic E-state index is 11.6. The number of rotatable bonds is 3. The summed E-state index contributed by atoms with van der Waals surface area (Å²) in [5.74, 6) is -0.242. The predicted molar refractivity (Wildman–Crippen MR) is 62.3 cm³/mol. The predicted octanol–water partition coefficient (Wildman–Crippen LogP) is 0.928. The number of pyridine rings is 1. The number of nitrogens with two attached hydrogens (primary N) is 1. The van der Waals surface area contributed by atoms with Gasteiger partial charge in [0.05, 0.1) is 37.2 Å². The summed E-state index contributed by atoms with van der Waals surface area (Å²) in [6.07, 6.45) is 3.28. The van der Waals surface area contributed by atoms with E-state index < -0.39 is 0 Å². The highest BCUT2D eigenvalue weighted by Crippen LogP contribution is 2.12. The van der Waals surface area contributed by atoms with Crippen LogP contribution in [0.25, 0.3) is 0 Å². The molecule has 5 nitrogen and oxygen atoms in total. The number of nitrogen functional groups attached to an aromatic ring is 1. The first-order valence-electron chi connectivity index (χ1n) is 5.71. The van der Waals surface area contributed by atoms with Crippen molar-refractivity contribution in [3.63, 3.8) is 0 Å². The van der Waals surface area contributed by atoms with Gasteiger partial charge in [-0.3, -0.25) is 9.78 Å². The summed E-state index contributed by atoms with van der Waals surface area (Å²) in [7, 11) is 0. The van der Waals surface area contributed by atoms with Gasteiger partial charge in [-0.15, -0.1) is 0 Å². The molecule has 0 bridgehead atoms. The number of aromatic nitrogens is 1. The van der Waals surface area contributed by atoms with E-state index in [1.807, 2.05) is 0 Å². The van der Waals surface area contributed by atoms with Gasteiger partial charge in [-0.25, -0.2) is 0 Å². The molecule has 2 N–H and O–H groups in total. The molecule has 0 saturated carbocycles. The molecule has 1 aromatic heterocycles. The Hall–Kier alpha value is -1.62. The average Bonchev–Trinajstić information content (AvgIpc) is 2.33. The first-order chi connectivity index (χ1) is 8.24. The van der Waals surface area contributed by atoms with Crippen LogP contribution in [0.2, 0.25) is 0 Å². The van der Waals surface area contributed by atoms with E-state index in [1.54, 1.807) is 12.1 Å². The Morgan fingerprint density at radius 3 is 2.88 bits per heavy atom. The van der Waals surface area contributed by atoms with Crippen molar-refractivity contribution in [3.8, 4) is 0 Å². The third-order valence-electron chi connectivity index (χ3n) is 2.64. The van der Waals surface area contributed by atoms with E-state index in [0.717, 1.165) is 12.8 Å². The van der Waals surface area contributed by atoms with Gasteiger partial charge in [-0.2, -0.15) is 0 Å². The Morgan fingerprint density at radius 2 is 2.24 bits per heavy atom. The van der Waals surface area contributed by atoms with E-state index in [1.165, 1.54) is 6.20 Å². The van der Waals surface area contributed by atoms with Gasteiger partial charge in [0.25, 0.3) is 0 Å². The molecule has 17 heavy (non-hydrogen) atoms. The van der Waals surface area contributed by atoms with Crippen molar-refractivity contribution in [1.82, 2.24) is 4.98 Å². The summed E-state index contributed by atoms with van der Waals surface area (Å²) in [6.45, 7) is 1.33. The number of anilines is 1. The molecule has 2 rings (SSSR count). The quantitative estimate of drug-likeness (QED) is 0.790. The molecule has 2 heterocycles. The summed E-state index contributed by atoms with van der Waals surface area (Å²) in [5.41, 5.74) is 6.78. The molecule has 1 aliphatic rings. The molecule has 1 fully saturated rings. The van der Waals surface area contributed by atoms with Gasteiger partial charge in [0.2, 0.25) is 0 Å². The van der Waals surface area contributed by atoms with Crippen LogP contribution in [0, 0.1) is 0 Å². The minimum absolute atomic E-state index is 0.00923. The van der Waals surface area contributed by atoms with Gasteiger partial charge in [-0.1, -0.05) is 0 Å². The smallest absolute Gasteiger partial charge is 0.312 e. The number of nitrogens with zero attached hydrogens (tertiary/aromatic N) is 1. The van der Waals surface area contributed by atoms with Crippen molar-refractivity contribution < 1.29 is 14.3 Å². The lowest BCUT2D eigenvalue weighted by molar-refractivity contribution is -0.152. The topological polar surface area (TPSA) is 74.4 Å². The molecule has 0 amide bonds. The second kappa shape index (κ2) is 5.63. The summed E-state index contributed by atoms with van der Waals surface area (Å²) < 4.78 is 10.5. The standard InChI is InChI=1S/C12H16N2O3/c13-9-1-2-10(14-8-9)7-12(15)17-11-3-5-16-6-4-11/h1-2,8,11H,3-7,13H2. The summed E-state index contributed by atoms with van der Waals surface area (Å²) >= 11 is 0. The van der Waals surface area contributed by atoms with Gasteiger partial charge in [0.15, 0.2) is 0 Å². The van der Waals surface area contributed by atoms with Gasteiger partial charge >= 0.3 is 5.97 Å². The Bertz CT molecular complexity index is 372. The van der Waals surface area contributed by atoms with E-state index in [-0.39, 0.29) is 18.5 Å². The maximum absolute atomic E-state index is 11.6. The van der Waals surface area contributed by atoms with Gasteiger partial charge in [0.1, 0.15) is 6.10 Å². The Balaban J connectivity index is 1.82. The molecule has 1 aromatic rings. The van der Waals surface area contributed by atoms with Crippen LogP contribution < -0.4 is 5.73 Å². The summed E-state index contributed by atoms with van der Waals surface area (Å²) in [6, 6.07) is 3.46. The fourth-order valence-electron chi connectivity index (χ4n) is 1.71. The normalized spacial score (nSPS) is 16.7. The van der Waals surface area contributed by atoms with Crippen LogP contribution in [0.15, 0.2) is 18.3 Å². The first kappa shape index (κ1) is 11.9. The summed E-state index contributed by atoms with van der Waals surface area (Å²) in [4.78, 5) is 15.7. The second-order valence-electron chi connectivity index (χ2n) is 4.06. The van der Waals surface area contributed by atoms with Crippen LogP contribution in [0.3, 0.4) is 0 Å². The van der Waals surface area contributed by atoms with Crippen molar-refractivity contribution in [2.24, 2.45) is 0 Å². The molecule has 0 aliphatic carbocycles. The third kappa shape index (κ3) is 3.71. The lowest BCUT2D eigenvalue weighted by Crippen LogP contribution is -2.26. The molecule has 0 spiro atoms. The van der Waals surface area contributed by atoms with Crippen LogP contribution >= 0.6 is 0 Å². The molecule has 0 atom stereocenters. The Kier molecular flexibility index (Phi) is 3.93. The summed E-state index contributed by atoms with van der Waals surface area (Å²) in [5, 5.41) is 0. The lowest BCUT2D eigenvalue weighted by Gasteiger charge is -2.22. The molecule has 0 unspecified atom stereocenters. The number of carbonyl (C=O) groups is 1. The van der Waals surface area contributed by atoms with Crippen molar-refractivity contribution >= 4 is 11.7 Å². The van der Waals surface area contributed by atoms with E-state index in [0.29, 0.717) is 24.6 Å². The molecular formula is C12H16N2O3. The number of esters is 1. The van der Waals surface area contributed by atoms with E-state index in [9.17, 15) is 4.79 Å². The molecule has 5 heteroatoms. The van der Waals surface area contributed by atoms with Crippen LogP contribution in [0.4, 0.5) is 5.69 Å².